The Labute approximate surface area is 147 Å². The lowest BCUT2D eigenvalue weighted by Crippen LogP contribution is -2.32. The van der Waals surface area contributed by atoms with Gasteiger partial charge in [0, 0.05) is 12.3 Å². The molecule has 1 aromatic carbocycles. The smallest absolute Gasteiger partial charge is 0.387 e. The minimum Gasteiger partial charge on any atom is -0.451 e. The van der Waals surface area contributed by atoms with Gasteiger partial charge < -0.3 is 19.4 Å². The van der Waals surface area contributed by atoms with Gasteiger partial charge in [-0.3, -0.25) is 14.4 Å². The molecule has 1 atom stereocenters. The Hall–Kier alpha value is -3.23. The molecule has 0 unspecified atom stereocenters. The van der Waals surface area contributed by atoms with Crippen LogP contribution in [0.2, 0.25) is 0 Å². The number of anilines is 1. The van der Waals surface area contributed by atoms with Crippen molar-refractivity contribution in [3.63, 3.8) is 0 Å². The van der Waals surface area contributed by atoms with Crippen molar-refractivity contribution in [2.75, 3.05) is 5.32 Å². The van der Waals surface area contributed by atoms with Gasteiger partial charge in [-0.1, -0.05) is 18.2 Å². The van der Waals surface area contributed by atoms with Crippen LogP contribution in [-0.2, 0) is 20.9 Å². The Kier molecular flexibility index (Phi) is 6.42. The summed E-state index contributed by atoms with van der Waals surface area (Å²) < 4.78 is 35.1. The fraction of sp³-hybridized carbons (Fsp3) is 0.235. The molecule has 0 bridgehead atoms. The fourth-order valence-electron chi connectivity index (χ4n) is 2.02. The fourth-order valence-corrected chi connectivity index (χ4v) is 2.02. The van der Waals surface area contributed by atoms with Crippen molar-refractivity contribution in [2.24, 2.45) is 0 Å². The van der Waals surface area contributed by atoms with Crippen LogP contribution in [-0.4, -0.2) is 29.2 Å². The molecule has 0 radical (unpaired) electrons. The molecule has 26 heavy (non-hydrogen) atoms. The molecule has 0 aliphatic carbocycles. The van der Waals surface area contributed by atoms with E-state index in [2.05, 4.69) is 10.1 Å². The topological polar surface area (TPSA) is 86.6 Å². The Morgan fingerprint density at radius 2 is 1.85 bits per heavy atom. The number of hydrogen-bond acceptors (Lipinski definition) is 5. The highest BCUT2D eigenvalue weighted by molar-refractivity contribution is 5.96. The lowest BCUT2D eigenvalue weighted by Gasteiger charge is -2.16. The number of aromatic nitrogens is 1. The second-order valence-electron chi connectivity index (χ2n) is 5.16. The zero-order chi connectivity index (χ0) is 19.1. The standard InChI is InChI=1S/C17H16F2N2O5/c1-11(25-15(23)10-21-9-5-4-8-14(21)22)16(24)20-12-6-2-3-7-13(12)26-17(18)19/h2-9,11,17H,10H2,1H3,(H,20,24)/t11-/m0/s1. The van der Waals surface area contributed by atoms with Crippen LogP contribution in [0.5, 0.6) is 5.75 Å². The van der Waals surface area contributed by atoms with Crippen molar-refractivity contribution >= 4 is 17.6 Å². The number of hydrogen-bond donors (Lipinski definition) is 1. The van der Waals surface area contributed by atoms with Crippen LogP contribution in [0.3, 0.4) is 0 Å². The van der Waals surface area contributed by atoms with Gasteiger partial charge in [0.05, 0.1) is 5.69 Å². The Bertz CT molecular complexity index is 838. The highest BCUT2D eigenvalue weighted by Gasteiger charge is 2.20. The van der Waals surface area contributed by atoms with Gasteiger partial charge in [-0.25, -0.2) is 0 Å². The van der Waals surface area contributed by atoms with Gasteiger partial charge in [-0.15, -0.1) is 0 Å². The first-order valence-corrected chi connectivity index (χ1v) is 7.56. The maximum atomic E-state index is 12.4. The summed E-state index contributed by atoms with van der Waals surface area (Å²) in [4.78, 5) is 35.5. The number of amides is 1. The molecule has 2 aromatic rings. The Morgan fingerprint density at radius 3 is 2.54 bits per heavy atom. The van der Waals surface area contributed by atoms with E-state index in [0.29, 0.717) is 0 Å². The number of esters is 1. The van der Waals surface area contributed by atoms with E-state index in [-0.39, 0.29) is 23.5 Å². The molecule has 138 valence electrons. The van der Waals surface area contributed by atoms with E-state index >= 15 is 0 Å². The number of pyridine rings is 1. The number of carbonyl (C=O) groups excluding carboxylic acids is 2. The first-order chi connectivity index (χ1) is 12.4. The predicted octanol–water partition coefficient (Wildman–Crippen LogP) is 2.02. The quantitative estimate of drug-likeness (QED) is 0.758. The number of benzene rings is 1. The van der Waals surface area contributed by atoms with Crippen LogP contribution in [0, 0.1) is 0 Å². The third-order valence-corrected chi connectivity index (χ3v) is 3.24. The minimum atomic E-state index is -3.05. The summed E-state index contributed by atoms with van der Waals surface area (Å²) in [5, 5.41) is 2.35. The van der Waals surface area contributed by atoms with Crippen LogP contribution < -0.4 is 15.6 Å². The molecule has 9 heteroatoms. The molecule has 7 nitrogen and oxygen atoms in total. The van der Waals surface area contributed by atoms with Crippen molar-refractivity contribution in [1.29, 1.82) is 0 Å². The van der Waals surface area contributed by atoms with Gasteiger partial charge in [0.1, 0.15) is 12.3 Å². The minimum absolute atomic E-state index is 0.0139. The van der Waals surface area contributed by atoms with Gasteiger partial charge in [-0.2, -0.15) is 8.78 Å². The monoisotopic (exact) mass is 366 g/mol. The number of halogens is 2. The number of nitrogens with zero attached hydrogens (tertiary/aromatic N) is 1. The predicted molar refractivity (Wildman–Crippen MR) is 88.0 cm³/mol. The molecule has 0 aliphatic rings. The summed E-state index contributed by atoms with van der Waals surface area (Å²) in [7, 11) is 0. The normalized spacial score (nSPS) is 11.7. The molecular formula is C17H16F2N2O5. The largest absolute Gasteiger partial charge is 0.451 e. The van der Waals surface area contributed by atoms with E-state index in [1.165, 1.54) is 49.5 Å². The van der Waals surface area contributed by atoms with Crippen LogP contribution in [0.4, 0.5) is 14.5 Å². The average molecular weight is 366 g/mol. The van der Waals surface area contributed by atoms with E-state index < -0.39 is 24.6 Å². The zero-order valence-electron chi connectivity index (χ0n) is 13.7. The SMILES string of the molecule is C[C@H](OC(=O)Cn1ccccc1=O)C(=O)Nc1ccccc1OC(F)F. The van der Waals surface area contributed by atoms with E-state index in [4.69, 9.17) is 4.74 Å². The molecular weight excluding hydrogens is 350 g/mol. The van der Waals surface area contributed by atoms with Gasteiger partial charge in [0.25, 0.3) is 11.5 Å². The van der Waals surface area contributed by atoms with Gasteiger partial charge >= 0.3 is 12.6 Å². The molecule has 1 N–H and O–H groups in total. The first kappa shape index (κ1) is 19.1. The highest BCUT2D eigenvalue weighted by atomic mass is 19.3. The number of carbonyl (C=O) groups is 2. The van der Waals surface area contributed by atoms with Gasteiger partial charge in [0.15, 0.2) is 6.10 Å². The summed E-state index contributed by atoms with van der Waals surface area (Å²) in [5.74, 6) is -1.74. The third kappa shape index (κ3) is 5.40. The van der Waals surface area contributed by atoms with Crippen molar-refractivity contribution in [1.82, 2.24) is 4.57 Å². The van der Waals surface area contributed by atoms with E-state index in [1.807, 2.05) is 0 Å². The number of alkyl halides is 2. The number of ether oxygens (including phenoxy) is 2. The molecule has 2 rings (SSSR count). The highest BCUT2D eigenvalue weighted by Crippen LogP contribution is 2.25. The number of nitrogens with one attached hydrogen (secondary N) is 1. The molecule has 0 saturated heterocycles. The van der Waals surface area contributed by atoms with E-state index in [1.54, 1.807) is 6.07 Å². The second-order valence-corrected chi connectivity index (χ2v) is 5.16. The first-order valence-electron chi connectivity index (χ1n) is 7.56. The molecule has 0 saturated carbocycles. The van der Waals surface area contributed by atoms with Gasteiger partial charge in [-0.05, 0) is 25.1 Å². The van der Waals surface area contributed by atoms with Crippen LogP contribution in [0.15, 0.2) is 53.5 Å². The summed E-state index contributed by atoms with van der Waals surface area (Å²) >= 11 is 0. The Morgan fingerprint density at radius 1 is 1.15 bits per heavy atom. The van der Waals surface area contributed by atoms with Crippen LogP contribution in [0.25, 0.3) is 0 Å². The molecule has 0 aliphatic heterocycles. The van der Waals surface area contributed by atoms with Gasteiger partial charge in [0.2, 0.25) is 0 Å². The second kappa shape index (κ2) is 8.75. The maximum absolute atomic E-state index is 12.4. The summed E-state index contributed by atoms with van der Waals surface area (Å²) in [6.07, 6.45) is 0.202. The molecule has 1 amide bonds. The van der Waals surface area contributed by atoms with Crippen molar-refractivity contribution < 1.29 is 27.8 Å². The number of para-hydroxylation sites is 2. The zero-order valence-corrected chi connectivity index (χ0v) is 13.7. The van der Waals surface area contributed by atoms with Crippen molar-refractivity contribution in [3.05, 3.63) is 59.0 Å². The third-order valence-electron chi connectivity index (χ3n) is 3.24. The summed E-state index contributed by atoms with van der Waals surface area (Å²) in [6.45, 7) is -2.09. The van der Waals surface area contributed by atoms with Crippen LogP contribution in [0.1, 0.15) is 6.92 Å². The number of rotatable bonds is 7. The molecule has 0 spiro atoms. The maximum Gasteiger partial charge on any atom is 0.387 e. The molecule has 0 fully saturated rings. The van der Waals surface area contributed by atoms with E-state index in [9.17, 15) is 23.2 Å². The van der Waals surface area contributed by atoms with Crippen LogP contribution >= 0.6 is 0 Å². The lowest BCUT2D eigenvalue weighted by molar-refractivity contribution is -0.153. The summed E-state index contributed by atoms with van der Waals surface area (Å²) in [6, 6.07) is 10.0. The average Bonchev–Trinajstić information content (AvgIpc) is 2.58. The van der Waals surface area contributed by atoms with Crippen molar-refractivity contribution in [2.45, 2.75) is 26.2 Å². The molecule has 1 aromatic heterocycles. The lowest BCUT2D eigenvalue weighted by atomic mass is 10.2. The van der Waals surface area contributed by atoms with E-state index in [0.717, 1.165) is 4.57 Å². The Balaban J connectivity index is 1.97. The summed E-state index contributed by atoms with van der Waals surface area (Å²) in [5.41, 5.74) is -0.375. The molecule has 1 heterocycles. The van der Waals surface area contributed by atoms with Crippen molar-refractivity contribution in [3.8, 4) is 5.75 Å².